The van der Waals surface area contributed by atoms with Crippen molar-refractivity contribution in [2.24, 2.45) is 0 Å². The summed E-state index contributed by atoms with van der Waals surface area (Å²) in [6, 6.07) is 5.37. The van der Waals surface area contributed by atoms with Crippen LogP contribution >= 0.6 is 0 Å². The smallest absolute Gasteiger partial charge is 0.337 e. The molecular weight excluding hydrogens is 202 g/mol. The second-order valence-electron chi connectivity index (χ2n) is 4.49. The maximum atomic E-state index is 10.8. The molecule has 0 aliphatic heterocycles. The number of hydrogen-bond donors (Lipinski definition) is 2. The summed E-state index contributed by atoms with van der Waals surface area (Å²) in [5.41, 5.74) is 7.54. The molecule has 0 amide bonds. The monoisotopic (exact) mass is 219 g/mol. The molecule has 0 saturated heterocycles. The Morgan fingerprint density at radius 3 is 2.50 bits per heavy atom. The number of rotatable bonds is 2. The maximum Gasteiger partial charge on any atom is 0.337 e. The van der Waals surface area contributed by atoms with Crippen LogP contribution in [-0.2, 0) is 0 Å². The fourth-order valence-electron chi connectivity index (χ4n) is 2.47. The molecule has 3 heteroatoms. The van der Waals surface area contributed by atoms with Crippen LogP contribution in [0.4, 0.5) is 5.69 Å². The number of anilines is 1. The summed E-state index contributed by atoms with van der Waals surface area (Å²) in [5.74, 6) is -0.383. The molecule has 1 fully saturated rings. The third-order valence-corrected chi connectivity index (χ3v) is 3.38. The van der Waals surface area contributed by atoms with Crippen molar-refractivity contribution >= 4 is 11.7 Å². The highest BCUT2D eigenvalue weighted by atomic mass is 16.4. The number of carboxylic acids is 1. The normalized spacial score (nSPS) is 17.2. The Morgan fingerprint density at radius 2 is 1.94 bits per heavy atom. The molecule has 0 spiro atoms. The van der Waals surface area contributed by atoms with Crippen LogP contribution in [0, 0.1) is 0 Å². The van der Waals surface area contributed by atoms with Gasteiger partial charge in [-0.05, 0) is 36.5 Å². The van der Waals surface area contributed by atoms with E-state index in [4.69, 9.17) is 10.8 Å². The molecule has 1 saturated carbocycles. The van der Waals surface area contributed by atoms with Gasteiger partial charge >= 0.3 is 5.97 Å². The minimum absolute atomic E-state index is 0.208. The fraction of sp³-hybridized carbons (Fsp3) is 0.462. The summed E-state index contributed by atoms with van der Waals surface area (Å²) in [7, 11) is 0. The zero-order chi connectivity index (χ0) is 11.5. The van der Waals surface area contributed by atoms with Crippen LogP contribution in [0.2, 0.25) is 0 Å². The highest BCUT2D eigenvalue weighted by Gasteiger charge is 2.17. The zero-order valence-electron chi connectivity index (χ0n) is 9.28. The lowest BCUT2D eigenvalue weighted by Gasteiger charge is -2.22. The van der Waals surface area contributed by atoms with E-state index in [1.807, 2.05) is 12.1 Å². The minimum Gasteiger partial charge on any atom is -0.478 e. The molecular formula is C13H17NO2. The van der Waals surface area contributed by atoms with Gasteiger partial charge in [-0.25, -0.2) is 4.79 Å². The van der Waals surface area contributed by atoms with E-state index in [-0.39, 0.29) is 5.56 Å². The molecule has 0 atom stereocenters. The Labute approximate surface area is 95.3 Å². The third-order valence-electron chi connectivity index (χ3n) is 3.38. The number of hydrogen-bond acceptors (Lipinski definition) is 2. The molecule has 2 rings (SSSR count). The topological polar surface area (TPSA) is 63.3 Å². The Morgan fingerprint density at radius 1 is 1.25 bits per heavy atom. The van der Waals surface area contributed by atoms with Gasteiger partial charge in [-0.2, -0.15) is 0 Å². The highest BCUT2D eigenvalue weighted by Crippen LogP contribution is 2.33. The van der Waals surface area contributed by atoms with Crippen molar-refractivity contribution in [3.63, 3.8) is 0 Å². The number of aromatic carboxylic acids is 1. The molecule has 0 unspecified atom stereocenters. The van der Waals surface area contributed by atoms with Crippen molar-refractivity contribution in [2.75, 3.05) is 5.73 Å². The van der Waals surface area contributed by atoms with Crippen LogP contribution in [0.25, 0.3) is 0 Å². The van der Waals surface area contributed by atoms with Crippen molar-refractivity contribution in [3.8, 4) is 0 Å². The van der Waals surface area contributed by atoms with Crippen LogP contribution < -0.4 is 5.73 Å². The van der Waals surface area contributed by atoms with Gasteiger partial charge in [0.15, 0.2) is 0 Å². The van der Waals surface area contributed by atoms with Gasteiger partial charge in [-0.1, -0.05) is 25.3 Å². The van der Waals surface area contributed by atoms with E-state index in [1.54, 1.807) is 6.07 Å². The van der Waals surface area contributed by atoms with E-state index in [0.717, 1.165) is 0 Å². The first-order valence-corrected chi connectivity index (χ1v) is 5.81. The number of carbonyl (C=O) groups is 1. The quantitative estimate of drug-likeness (QED) is 0.751. The van der Waals surface area contributed by atoms with E-state index < -0.39 is 5.97 Å². The lowest BCUT2D eigenvalue weighted by molar-refractivity contribution is 0.0698. The lowest BCUT2D eigenvalue weighted by Crippen LogP contribution is -2.07. The van der Waals surface area contributed by atoms with E-state index in [1.165, 1.54) is 37.7 Å². The molecule has 0 bridgehead atoms. The average molecular weight is 219 g/mol. The number of carboxylic acid groups (broad SMARTS) is 1. The highest BCUT2D eigenvalue weighted by molar-refractivity contribution is 5.93. The summed E-state index contributed by atoms with van der Waals surface area (Å²) >= 11 is 0. The summed E-state index contributed by atoms with van der Waals surface area (Å²) in [5, 5.41) is 8.89. The Kier molecular flexibility index (Phi) is 3.13. The molecule has 16 heavy (non-hydrogen) atoms. The number of benzene rings is 1. The van der Waals surface area contributed by atoms with Crippen LogP contribution in [-0.4, -0.2) is 11.1 Å². The van der Waals surface area contributed by atoms with Gasteiger partial charge in [0.05, 0.1) is 5.56 Å². The second-order valence-corrected chi connectivity index (χ2v) is 4.49. The standard InChI is InChI=1S/C13H17NO2/c14-12-8-10(6-7-11(12)13(15)16)9-4-2-1-3-5-9/h6-9H,1-5,14H2,(H,15,16). The van der Waals surface area contributed by atoms with Crippen LogP contribution in [0.1, 0.15) is 53.9 Å². The minimum atomic E-state index is -0.951. The lowest BCUT2D eigenvalue weighted by atomic mass is 9.83. The summed E-state index contributed by atoms with van der Waals surface area (Å²) in [4.78, 5) is 10.8. The van der Waals surface area contributed by atoms with E-state index >= 15 is 0 Å². The first-order chi connectivity index (χ1) is 7.68. The van der Waals surface area contributed by atoms with Crippen LogP contribution in [0.3, 0.4) is 0 Å². The van der Waals surface area contributed by atoms with Gasteiger partial charge in [0.1, 0.15) is 0 Å². The molecule has 3 N–H and O–H groups in total. The molecule has 1 aromatic rings. The SMILES string of the molecule is Nc1cc(C2CCCCC2)ccc1C(=O)O. The summed E-state index contributed by atoms with van der Waals surface area (Å²) in [6.45, 7) is 0. The van der Waals surface area contributed by atoms with Crippen molar-refractivity contribution in [1.29, 1.82) is 0 Å². The van der Waals surface area contributed by atoms with E-state index in [0.29, 0.717) is 11.6 Å². The average Bonchev–Trinajstić information content (AvgIpc) is 2.29. The first-order valence-electron chi connectivity index (χ1n) is 5.81. The third kappa shape index (κ3) is 2.18. The summed E-state index contributed by atoms with van der Waals surface area (Å²) < 4.78 is 0. The molecule has 0 heterocycles. The summed E-state index contributed by atoms with van der Waals surface area (Å²) in [6.07, 6.45) is 6.26. The predicted molar refractivity (Wildman–Crippen MR) is 63.6 cm³/mol. The molecule has 0 aromatic heterocycles. The molecule has 1 aromatic carbocycles. The molecule has 86 valence electrons. The van der Waals surface area contributed by atoms with Crippen molar-refractivity contribution in [3.05, 3.63) is 29.3 Å². The largest absolute Gasteiger partial charge is 0.478 e. The number of nitrogens with two attached hydrogens (primary N) is 1. The van der Waals surface area contributed by atoms with Crippen molar-refractivity contribution in [1.82, 2.24) is 0 Å². The fourth-order valence-corrected chi connectivity index (χ4v) is 2.47. The first kappa shape index (κ1) is 11.0. The molecule has 0 radical (unpaired) electrons. The van der Waals surface area contributed by atoms with Gasteiger partial charge in [0, 0.05) is 5.69 Å². The van der Waals surface area contributed by atoms with Gasteiger partial charge in [-0.3, -0.25) is 0 Å². The van der Waals surface area contributed by atoms with E-state index in [2.05, 4.69) is 0 Å². The van der Waals surface area contributed by atoms with Crippen LogP contribution in [0.15, 0.2) is 18.2 Å². The second kappa shape index (κ2) is 4.56. The Balaban J connectivity index is 2.23. The number of nitrogen functional groups attached to an aromatic ring is 1. The van der Waals surface area contributed by atoms with Crippen molar-refractivity contribution in [2.45, 2.75) is 38.0 Å². The van der Waals surface area contributed by atoms with Gasteiger partial charge in [0.25, 0.3) is 0 Å². The van der Waals surface area contributed by atoms with Gasteiger partial charge in [-0.15, -0.1) is 0 Å². The van der Waals surface area contributed by atoms with Crippen molar-refractivity contribution < 1.29 is 9.90 Å². The Bertz CT molecular complexity index is 395. The molecule has 1 aliphatic rings. The van der Waals surface area contributed by atoms with Gasteiger partial charge in [0.2, 0.25) is 0 Å². The Hall–Kier alpha value is -1.51. The zero-order valence-corrected chi connectivity index (χ0v) is 9.28. The molecule has 3 nitrogen and oxygen atoms in total. The van der Waals surface area contributed by atoms with E-state index in [9.17, 15) is 4.79 Å². The predicted octanol–water partition coefficient (Wildman–Crippen LogP) is 3.01. The van der Waals surface area contributed by atoms with Crippen LogP contribution in [0.5, 0.6) is 0 Å². The van der Waals surface area contributed by atoms with Gasteiger partial charge < -0.3 is 10.8 Å². The maximum absolute atomic E-state index is 10.8. The molecule has 1 aliphatic carbocycles.